The number of benzene rings is 2. The Morgan fingerprint density at radius 1 is 1.11 bits per heavy atom. The highest BCUT2D eigenvalue weighted by atomic mass is 32.2. The van der Waals surface area contributed by atoms with Crippen LogP contribution < -0.4 is 5.73 Å². The lowest BCUT2D eigenvalue weighted by Crippen LogP contribution is -2.12. The van der Waals surface area contributed by atoms with E-state index in [0.29, 0.717) is 5.56 Å². The van der Waals surface area contributed by atoms with E-state index in [9.17, 15) is 4.39 Å². The van der Waals surface area contributed by atoms with Gasteiger partial charge in [0.25, 0.3) is 0 Å². The number of nitrogens with two attached hydrogens (primary N) is 1. The SMILES string of the molecule is CCSc1ccc(C(N)c2ccc(C)c(F)c2)cc1. The molecule has 0 amide bonds. The lowest BCUT2D eigenvalue weighted by atomic mass is 9.98. The summed E-state index contributed by atoms with van der Waals surface area (Å²) in [4.78, 5) is 1.23. The van der Waals surface area contributed by atoms with Crippen LogP contribution in [0.5, 0.6) is 0 Å². The summed E-state index contributed by atoms with van der Waals surface area (Å²) in [6, 6.07) is 13.1. The highest BCUT2D eigenvalue weighted by Crippen LogP contribution is 2.24. The van der Waals surface area contributed by atoms with Gasteiger partial charge in [0.05, 0.1) is 6.04 Å². The molecule has 1 nitrogen and oxygen atoms in total. The van der Waals surface area contributed by atoms with Crippen molar-refractivity contribution in [1.29, 1.82) is 0 Å². The van der Waals surface area contributed by atoms with Crippen molar-refractivity contribution in [1.82, 2.24) is 0 Å². The number of rotatable bonds is 4. The summed E-state index contributed by atoms with van der Waals surface area (Å²) >= 11 is 1.80. The predicted molar refractivity (Wildman–Crippen MR) is 80.0 cm³/mol. The fourth-order valence-electron chi connectivity index (χ4n) is 1.93. The average Bonchev–Trinajstić information content (AvgIpc) is 2.42. The van der Waals surface area contributed by atoms with Crippen molar-refractivity contribution >= 4 is 11.8 Å². The first-order valence-corrected chi connectivity index (χ1v) is 7.34. The molecule has 2 rings (SSSR count). The van der Waals surface area contributed by atoms with Crippen LogP contribution in [0.3, 0.4) is 0 Å². The molecule has 0 radical (unpaired) electrons. The highest BCUT2D eigenvalue weighted by molar-refractivity contribution is 7.99. The number of hydrogen-bond donors (Lipinski definition) is 1. The van der Waals surface area contributed by atoms with E-state index in [1.807, 2.05) is 18.2 Å². The minimum absolute atomic E-state index is 0.203. The molecular weight excluding hydrogens is 257 g/mol. The normalized spacial score (nSPS) is 12.4. The van der Waals surface area contributed by atoms with Gasteiger partial charge < -0.3 is 5.73 Å². The fourth-order valence-corrected chi connectivity index (χ4v) is 2.59. The minimum Gasteiger partial charge on any atom is -0.320 e. The van der Waals surface area contributed by atoms with Gasteiger partial charge in [0.15, 0.2) is 0 Å². The summed E-state index contributed by atoms with van der Waals surface area (Å²) in [6.07, 6.45) is 0. The van der Waals surface area contributed by atoms with Crippen LogP contribution in [0.2, 0.25) is 0 Å². The molecule has 0 saturated heterocycles. The fraction of sp³-hybridized carbons (Fsp3) is 0.250. The van der Waals surface area contributed by atoms with Crippen molar-refractivity contribution in [2.45, 2.75) is 24.8 Å². The van der Waals surface area contributed by atoms with E-state index in [2.05, 4.69) is 19.1 Å². The molecule has 100 valence electrons. The van der Waals surface area contributed by atoms with Crippen LogP contribution in [0.1, 0.15) is 29.7 Å². The third kappa shape index (κ3) is 3.37. The van der Waals surface area contributed by atoms with E-state index in [0.717, 1.165) is 16.9 Å². The van der Waals surface area contributed by atoms with Gasteiger partial charge in [-0.1, -0.05) is 31.2 Å². The molecule has 0 bridgehead atoms. The van der Waals surface area contributed by atoms with Crippen LogP contribution in [0.4, 0.5) is 4.39 Å². The minimum atomic E-state index is -0.282. The molecule has 0 aliphatic carbocycles. The zero-order valence-electron chi connectivity index (χ0n) is 11.2. The molecule has 1 unspecified atom stereocenters. The summed E-state index contributed by atoms with van der Waals surface area (Å²) < 4.78 is 13.6. The largest absolute Gasteiger partial charge is 0.320 e. The molecule has 2 aromatic carbocycles. The van der Waals surface area contributed by atoms with Gasteiger partial charge in [0.2, 0.25) is 0 Å². The average molecular weight is 275 g/mol. The number of hydrogen-bond acceptors (Lipinski definition) is 2. The van der Waals surface area contributed by atoms with Crippen molar-refractivity contribution < 1.29 is 4.39 Å². The van der Waals surface area contributed by atoms with Gasteiger partial charge in [0.1, 0.15) is 5.82 Å². The smallest absolute Gasteiger partial charge is 0.126 e. The molecule has 0 aromatic heterocycles. The zero-order valence-corrected chi connectivity index (χ0v) is 12.0. The van der Waals surface area contributed by atoms with E-state index in [1.165, 1.54) is 11.0 Å². The van der Waals surface area contributed by atoms with Crippen LogP contribution in [-0.4, -0.2) is 5.75 Å². The molecular formula is C16H18FNS. The Kier molecular flexibility index (Phi) is 4.61. The Bertz CT molecular complexity index is 551. The first-order valence-electron chi connectivity index (χ1n) is 6.36. The maximum Gasteiger partial charge on any atom is 0.126 e. The monoisotopic (exact) mass is 275 g/mol. The number of aryl methyl sites for hydroxylation is 1. The van der Waals surface area contributed by atoms with Crippen molar-refractivity contribution in [2.24, 2.45) is 5.73 Å². The Hall–Kier alpha value is -1.32. The summed E-state index contributed by atoms with van der Waals surface area (Å²) in [5.41, 5.74) is 8.64. The predicted octanol–water partition coefficient (Wildman–Crippen LogP) is 4.29. The van der Waals surface area contributed by atoms with Crippen LogP contribution in [0.25, 0.3) is 0 Å². The van der Waals surface area contributed by atoms with Crippen molar-refractivity contribution in [3.8, 4) is 0 Å². The quantitative estimate of drug-likeness (QED) is 0.842. The summed E-state index contributed by atoms with van der Waals surface area (Å²) in [7, 11) is 0. The second-order valence-electron chi connectivity index (χ2n) is 4.49. The molecule has 0 spiro atoms. The van der Waals surface area contributed by atoms with E-state index in [-0.39, 0.29) is 11.9 Å². The summed E-state index contributed by atoms with van der Waals surface area (Å²) in [6.45, 7) is 3.88. The summed E-state index contributed by atoms with van der Waals surface area (Å²) in [5, 5.41) is 0. The lowest BCUT2D eigenvalue weighted by molar-refractivity contribution is 0.614. The van der Waals surface area contributed by atoms with Crippen LogP contribution in [0.15, 0.2) is 47.4 Å². The molecule has 2 aromatic rings. The lowest BCUT2D eigenvalue weighted by Gasteiger charge is -2.14. The van der Waals surface area contributed by atoms with E-state index in [1.54, 1.807) is 24.8 Å². The topological polar surface area (TPSA) is 26.0 Å². The first-order chi connectivity index (χ1) is 9.11. The molecule has 1 atom stereocenters. The van der Waals surface area contributed by atoms with Gasteiger partial charge in [-0.3, -0.25) is 0 Å². The maximum atomic E-state index is 13.6. The van der Waals surface area contributed by atoms with Crippen LogP contribution >= 0.6 is 11.8 Å². The van der Waals surface area contributed by atoms with Crippen molar-refractivity contribution in [3.05, 3.63) is 65.0 Å². The standard InChI is InChI=1S/C16H18FNS/c1-3-19-14-8-6-12(7-9-14)16(18)13-5-4-11(2)15(17)10-13/h4-10,16H,3,18H2,1-2H3. The first kappa shape index (κ1) is 14.1. The Morgan fingerprint density at radius 2 is 1.74 bits per heavy atom. The Balaban J connectivity index is 2.22. The van der Waals surface area contributed by atoms with Gasteiger partial charge in [0, 0.05) is 4.90 Å². The molecule has 0 heterocycles. The molecule has 0 aliphatic heterocycles. The van der Waals surface area contributed by atoms with E-state index >= 15 is 0 Å². The molecule has 2 N–H and O–H groups in total. The second kappa shape index (κ2) is 6.22. The third-order valence-corrected chi connectivity index (χ3v) is 4.00. The molecule has 0 fully saturated rings. The van der Waals surface area contributed by atoms with E-state index < -0.39 is 0 Å². The van der Waals surface area contributed by atoms with Crippen molar-refractivity contribution in [3.63, 3.8) is 0 Å². The second-order valence-corrected chi connectivity index (χ2v) is 5.83. The van der Waals surface area contributed by atoms with Gasteiger partial charge >= 0.3 is 0 Å². The molecule has 19 heavy (non-hydrogen) atoms. The van der Waals surface area contributed by atoms with E-state index in [4.69, 9.17) is 5.73 Å². The number of thioether (sulfide) groups is 1. The summed E-state index contributed by atoms with van der Waals surface area (Å²) in [5.74, 6) is 0.847. The zero-order chi connectivity index (χ0) is 13.8. The highest BCUT2D eigenvalue weighted by Gasteiger charge is 2.10. The van der Waals surface area contributed by atoms with Gasteiger partial charge in [-0.15, -0.1) is 11.8 Å². The van der Waals surface area contributed by atoms with Crippen LogP contribution in [-0.2, 0) is 0 Å². The third-order valence-electron chi connectivity index (χ3n) is 3.11. The Labute approximate surface area is 118 Å². The molecule has 3 heteroatoms. The molecule has 0 saturated carbocycles. The van der Waals surface area contributed by atoms with Crippen molar-refractivity contribution in [2.75, 3.05) is 5.75 Å². The van der Waals surface area contributed by atoms with Crippen LogP contribution in [0, 0.1) is 12.7 Å². The van der Waals surface area contributed by atoms with Gasteiger partial charge in [-0.25, -0.2) is 4.39 Å². The molecule has 0 aliphatic rings. The maximum absolute atomic E-state index is 13.6. The number of halogens is 1. The van der Waals surface area contributed by atoms with Gasteiger partial charge in [-0.2, -0.15) is 0 Å². The Morgan fingerprint density at radius 3 is 2.32 bits per heavy atom. The van der Waals surface area contributed by atoms with Gasteiger partial charge in [-0.05, 0) is 47.6 Å².